The number of hydrogen-bond donors (Lipinski definition) is 2. The number of carbonyl (C=O) groups excluding carboxylic acids is 2. The lowest BCUT2D eigenvalue weighted by Crippen LogP contribution is -2.51. The number of para-hydroxylation sites is 1. The molecule has 35 heavy (non-hydrogen) atoms. The van der Waals surface area contributed by atoms with Crippen LogP contribution in [0.4, 0.5) is 18.9 Å². The number of likely N-dealkylation sites (tertiary alicyclic amines) is 1. The molecule has 4 rings (SSSR count). The lowest BCUT2D eigenvalue weighted by atomic mass is 9.76. The molecule has 1 spiro atoms. The summed E-state index contributed by atoms with van der Waals surface area (Å²) in [6, 6.07) is 11.6. The fraction of sp³-hybridized carbons (Fsp3) is 0.417. The Morgan fingerprint density at radius 1 is 1.17 bits per heavy atom. The van der Waals surface area contributed by atoms with Crippen LogP contribution < -0.4 is 10.1 Å². The van der Waals surface area contributed by atoms with Crippen molar-refractivity contribution in [2.75, 3.05) is 18.4 Å². The fourth-order valence-corrected chi connectivity index (χ4v) is 4.33. The minimum atomic E-state index is -5.08. The predicted octanol–water partition coefficient (Wildman–Crippen LogP) is 3.99. The normalized spacial score (nSPS) is 18.4. The molecule has 1 atom stereocenters. The van der Waals surface area contributed by atoms with Gasteiger partial charge in [-0.1, -0.05) is 18.2 Å². The molecule has 2 amide bonds. The van der Waals surface area contributed by atoms with Gasteiger partial charge in [0.15, 0.2) is 0 Å². The van der Waals surface area contributed by atoms with Crippen LogP contribution in [0.1, 0.15) is 44.1 Å². The van der Waals surface area contributed by atoms with Crippen LogP contribution in [-0.2, 0) is 14.4 Å². The molecule has 0 aliphatic carbocycles. The Hall–Kier alpha value is -3.63. The third-order valence-electron chi connectivity index (χ3n) is 6.04. The number of ether oxygens (including phenoxy) is 1. The highest BCUT2D eigenvalue weighted by molar-refractivity contribution is 5.91. The van der Waals surface area contributed by atoms with Crippen molar-refractivity contribution in [1.82, 2.24) is 9.88 Å². The Labute approximate surface area is 200 Å². The second kappa shape index (κ2) is 10.7. The van der Waals surface area contributed by atoms with Crippen molar-refractivity contribution < 1.29 is 37.4 Å². The van der Waals surface area contributed by atoms with Gasteiger partial charge in [0.25, 0.3) is 0 Å². The van der Waals surface area contributed by atoms with E-state index in [4.69, 9.17) is 14.6 Å². The minimum absolute atomic E-state index is 0.0222. The molecule has 1 aromatic carbocycles. The van der Waals surface area contributed by atoms with E-state index in [1.54, 1.807) is 25.4 Å². The molecule has 2 aromatic rings. The van der Waals surface area contributed by atoms with Crippen molar-refractivity contribution in [1.29, 1.82) is 0 Å². The van der Waals surface area contributed by atoms with Gasteiger partial charge < -0.3 is 20.1 Å². The first kappa shape index (κ1) is 26.0. The van der Waals surface area contributed by atoms with Crippen LogP contribution in [-0.4, -0.2) is 57.6 Å². The van der Waals surface area contributed by atoms with Crippen molar-refractivity contribution in [3.8, 4) is 5.75 Å². The number of anilines is 1. The zero-order chi connectivity index (χ0) is 25.6. The number of carbonyl (C=O) groups is 3. The predicted molar refractivity (Wildman–Crippen MR) is 120 cm³/mol. The largest absolute Gasteiger partial charge is 0.490 e. The number of pyridine rings is 1. The third kappa shape index (κ3) is 6.93. The number of nitrogens with one attached hydrogen (secondary N) is 1. The van der Waals surface area contributed by atoms with Crippen LogP contribution in [0.15, 0.2) is 48.8 Å². The molecule has 2 aliphatic heterocycles. The van der Waals surface area contributed by atoms with Gasteiger partial charge in [-0.15, -0.1) is 0 Å². The van der Waals surface area contributed by atoms with Crippen LogP contribution >= 0.6 is 0 Å². The summed E-state index contributed by atoms with van der Waals surface area (Å²) in [6.07, 6.45) is 1.02. The maximum absolute atomic E-state index is 12.7. The summed E-state index contributed by atoms with van der Waals surface area (Å²) in [4.78, 5) is 39.2. The Bertz CT molecular complexity index is 1050. The molecular formula is C24H26F3N3O5. The number of aliphatic carboxylic acids is 1. The highest BCUT2D eigenvalue weighted by atomic mass is 19.4. The number of aromatic nitrogens is 1. The summed E-state index contributed by atoms with van der Waals surface area (Å²) in [7, 11) is 0. The molecule has 1 saturated heterocycles. The van der Waals surface area contributed by atoms with Gasteiger partial charge in [0.05, 0.1) is 11.9 Å². The van der Waals surface area contributed by atoms with Gasteiger partial charge in [-0.2, -0.15) is 13.2 Å². The first-order valence-electron chi connectivity index (χ1n) is 11.0. The lowest BCUT2D eigenvalue weighted by molar-refractivity contribution is -0.192. The zero-order valence-corrected chi connectivity index (χ0v) is 19.0. The number of nitrogens with zero attached hydrogens (tertiary/aromatic N) is 2. The summed E-state index contributed by atoms with van der Waals surface area (Å²) in [5, 5.41) is 10.1. The number of alkyl halides is 3. The molecule has 0 bridgehead atoms. The Balaban J connectivity index is 0.000000429. The Morgan fingerprint density at radius 2 is 1.83 bits per heavy atom. The number of benzene rings is 1. The van der Waals surface area contributed by atoms with E-state index in [-0.39, 0.29) is 23.3 Å². The molecule has 11 heteroatoms. The number of halogens is 3. The Kier molecular flexibility index (Phi) is 7.98. The standard InChI is InChI=1S/C22H25N3O3.C2HF3O2/c1-16(26)25-11-8-22(9-12-25)14-17(19-6-2-3-7-20(19)28-22)13-21(27)24-18-5-4-10-23-15-18;3-2(4,5)1(6)7/h2-7,10,15,17H,8-9,11-14H2,1H3,(H,24,27);(H,6,7). The van der Waals surface area contributed by atoms with Crippen molar-refractivity contribution in [3.63, 3.8) is 0 Å². The summed E-state index contributed by atoms with van der Waals surface area (Å²) < 4.78 is 38.2. The highest BCUT2D eigenvalue weighted by Gasteiger charge is 2.44. The van der Waals surface area contributed by atoms with Crippen LogP contribution in [0, 0.1) is 0 Å². The first-order chi connectivity index (χ1) is 16.5. The molecule has 2 N–H and O–H groups in total. The van der Waals surface area contributed by atoms with E-state index in [9.17, 15) is 22.8 Å². The topological polar surface area (TPSA) is 109 Å². The molecule has 1 fully saturated rings. The summed E-state index contributed by atoms with van der Waals surface area (Å²) in [5.41, 5.74) is 1.49. The van der Waals surface area contributed by atoms with Crippen LogP contribution in [0.3, 0.4) is 0 Å². The number of carboxylic acids is 1. The number of hydrogen-bond acceptors (Lipinski definition) is 5. The second-order valence-electron chi connectivity index (χ2n) is 8.53. The van der Waals surface area contributed by atoms with Gasteiger partial charge in [-0.05, 0) is 30.2 Å². The molecule has 2 aliphatic rings. The fourth-order valence-electron chi connectivity index (χ4n) is 4.33. The van der Waals surface area contributed by atoms with Crippen LogP contribution in [0.25, 0.3) is 0 Å². The molecule has 0 radical (unpaired) electrons. The molecule has 1 unspecified atom stereocenters. The average Bonchev–Trinajstić information content (AvgIpc) is 2.80. The van der Waals surface area contributed by atoms with E-state index in [0.29, 0.717) is 25.2 Å². The molecule has 8 nitrogen and oxygen atoms in total. The zero-order valence-electron chi connectivity index (χ0n) is 19.0. The van der Waals surface area contributed by atoms with Gasteiger partial charge in [0.2, 0.25) is 11.8 Å². The molecule has 1 aromatic heterocycles. The van der Waals surface area contributed by atoms with Crippen molar-refractivity contribution in [3.05, 3.63) is 54.4 Å². The van der Waals surface area contributed by atoms with E-state index in [1.807, 2.05) is 29.2 Å². The number of rotatable bonds is 3. The third-order valence-corrected chi connectivity index (χ3v) is 6.04. The minimum Gasteiger partial charge on any atom is -0.487 e. The highest BCUT2D eigenvalue weighted by Crippen LogP contribution is 2.46. The van der Waals surface area contributed by atoms with Gasteiger partial charge in [-0.25, -0.2) is 4.79 Å². The summed E-state index contributed by atoms with van der Waals surface area (Å²) in [6.45, 7) is 3.01. The SMILES string of the molecule is CC(=O)N1CCC2(CC1)CC(CC(=O)Nc1cccnc1)c1ccccc1O2.O=C(O)C(F)(F)F. The molecule has 3 heterocycles. The first-order valence-corrected chi connectivity index (χ1v) is 11.0. The second-order valence-corrected chi connectivity index (χ2v) is 8.53. The van der Waals surface area contributed by atoms with Crippen molar-refractivity contribution in [2.45, 2.75) is 50.3 Å². The van der Waals surface area contributed by atoms with Crippen molar-refractivity contribution >= 4 is 23.5 Å². The number of carboxylic acid groups (broad SMARTS) is 1. The monoisotopic (exact) mass is 493 g/mol. The lowest BCUT2D eigenvalue weighted by Gasteiger charge is -2.46. The van der Waals surface area contributed by atoms with Crippen molar-refractivity contribution in [2.24, 2.45) is 0 Å². The van der Waals surface area contributed by atoms with Gasteiger partial charge in [-0.3, -0.25) is 14.6 Å². The van der Waals surface area contributed by atoms with E-state index < -0.39 is 12.1 Å². The number of piperidine rings is 1. The maximum Gasteiger partial charge on any atom is 0.490 e. The quantitative estimate of drug-likeness (QED) is 0.669. The average molecular weight is 493 g/mol. The molecular weight excluding hydrogens is 467 g/mol. The Morgan fingerprint density at radius 3 is 2.40 bits per heavy atom. The summed E-state index contributed by atoms with van der Waals surface area (Å²) in [5.74, 6) is -1.72. The molecule has 188 valence electrons. The smallest absolute Gasteiger partial charge is 0.487 e. The van der Waals surface area contributed by atoms with Gasteiger partial charge >= 0.3 is 12.1 Å². The van der Waals surface area contributed by atoms with E-state index in [1.165, 1.54) is 0 Å². The van der Waals surface area contributed by atoms with E-state index >= 15 is 0 Å². The van der Waals surface area contributed by atoms with E-state index in [0.717, 1.165) is 30.6 Å². The van der Waals surface area contributed by atoms with E-state index in [2.05, 4.69) is 16.4 Å². The summed E-state index contributed by atoms with van der Waals surface area (Å²) >= 11 is 0. The van der Waals surface area contributed by atoms with Gasteiger partial charge in [0, 0.05) is 51.4 Å². The number of amides is 2. The van der Waals surface area contributed by atoms with Crippen LogP contribution in [0.5, 0.6) is 5.75 Å². The van der Waals surface area contributed by atoms with Gasteiger partial charge in [0.1, 0.15) is 11.4 Å². The maximum atomic E-state index is 12.7. The van der Waals surface area contributed by atoms with Crippen LogP contribution in [0.2, 0.25) is 0 Å². The molecule has 0 saturated carbocycles. The number of fused-ring (bicyclic) bond motifs is 1.